The minimum atomic E-state index is -0.242. The van der Waals surface area contributed by atoms with Crippen LogP contribution >= 0.6 is 34.7 Å². The van der Waals surface area contributed by atoms with Crippen LogP contribution in [0.15, 0.2) is 72.1 Å². The van der Waals surface area contributed by atoms with Gasteiger partial charge in [0.1, 0.15) is 12.4 Å². The van der Waals surface area contributed by atoms with Gasteiger partial charge in [0.05, 0.1) is 27.4 Å². The Balaban J connectivity index is 1.70. The van der Waals surface area contributed by atoms with E-state index in [1.165, 1.54) is 0 Å². The maximum absolute atomic E-state index is 13.7. The van der Waals surface area contributed by atoms with Crippen LogP contribution in [0, 0.1) is 0 Å². The van der Waals surface area contributed by atoms with Crippen molar-refractivity contribution in [2.24, 2.45) is 0 Å². The summed E-state index contributed by atoms with van der Waals surface area (Å²) in [4.78, 5) is 29.4. The van der Waals surface area contributed by atoms with Gasteiger partial charge >= 0.3 is 0 Å². The molecule has 0 spiro atoms. The molecule has 2 amide bonds. The number of hydrogen-bond acceptors (Lipinski definition) is 6. The lowest BCUT2D eigenvalue weighted by Crippen LogP contribution is -2.42. The molecule has 1 aliphatic heterocycles. The number of nitrogens with zero attached hydrogens (tertiary/aromatic N) is 3. The number of benzene rings is 2. The summed E-state index contributed by atoms with van der Waals surface area (Å²) in [5, 5.41) is 10.4. The van der Waals surface area contributed by atoms with E-state index in [1.54, 1.807) is 45.9 Å². The number of carbonyl (C=O) groups excluding carboxylic acids is 2. The highest BCUT2D eigenvalue weighted by Crippen LogP contribution is 2.49. The van der Waals surface area contributed by atoms with Crippen molar-refractivity contribution in [2.75, 3.05) is 37.5 Å². The number of anilines is 1. The zero-order valence-corrected chi connectivity index (χ0v) is 23.2. The molecule has 2 aromatic carbocycles. The lowest BCUT2D eigenvalue weighted by molar-refractivity contribution is -0.122. The number of ether oxygens (including phenoxy) is 1. The summed E-state index contributed by atoms with van der Waals surface area (Å²) in [5.74, 6) is 0.394. The van der Waals surface area contributed by atoms with Crippen molar-refractivity contribution in [2.45, 2.75) is 11.7 Å². The first-order valence-corrected chi connectivity index (χ1v) is 14.5. The van der Waals surface area contributed by atoms with E-state index < -0.39 is 0 Å². The summed E-state index contributed by atoms with van der Waals surface area (Å²) in [6, 6.07) is 21.4. The predicted octanol–water partition coefficient (Wildman–Crippen LogP) is 5.58. The Hall–Kier alpha value is -3.11. The molecule has 10 heteroatoms. The summed E-state index contributed by atoms with van der Waals surface area (Å²) in [6.45, 7) is 0.889. The Bertz CT molecular complexity index is 1410. The van der Waals surface area contributed by atoms with Crippen LogP contribution in [-0.2, 0) is 14.3 Å². The van der Waals surface area contributed by atoms with Crippen LogP contribution in [0.4, 0.5) is 5.82 Å². The number of carbonyl (C=O) groups is 2. The molecule has 196 valence electrons. The molecule has 4 aromatic rings. The van der Waals surface area contributed by atoms with Crippen LogP contribution in [0.1, 0.15) is 22.1 Å². The SMILES string of the molecule is COCCCNC(=O)CN1C(=O)CSC(c2cccs2)c2c(-c3ccccc3)nn(-c3ccccc3Cl)c21. The van der Waals surface area contributed by atoms with Crippen LogP contribution in [-0.4, -0.2) is 54.2 Å². The third-order valence-electron chi connectivity index (χ3n) is 6.17. The van der Waals surface area contributed by atoms with Crippen LogP contribution in [0.2, 0.25) is 5.02 Å². The summed E-state index contributed by atoms with van der Waals surface area (Å²) >= 11 is 9.86. The van der Waals surface area contributed by atoms with E-state index in [2.05, 4.69) is 11.4 Å². The standard InChI is InChI=1S/C28H27ClN4O3S2/c1-36-15-8-14-30-23(34)17-32-24(35)18-38-27(22-13-7-16-37-22)25-26(19-9-3-2-4-10-19)31-33(28(25)32)21-12-6-5-11-20(21)29/h2-7,9-13,16,27H,8,14-15,17-18H2,1H3,(H,30,34). The molecule has 38 heavy (non-hydrogen) atoms. The van der Waals surface area contributed by atoms with Crippen molar-refractivity contribution < 1.29 is 14.3 Å². The fourth-order valence-electron chi connectivity index (χ4n) is 4.43. The fourth-order valence-corrected chi connectivity index (χ4v) is 6.82. The normalized spacial score (nSPS) is 15.3. The number of thiophene rings is 1. The molecular formula is C28H27ClN4O3S2. The number of aromatic nitrogens is 2. The highest BCUT2D eigenvalue weighted by molar-refractivity contribution is 8.00. The van der Waals surface area contributed by atoms with E-state index >= 15 is 0 Å². The molecule has 0 saturated carbocycles. The van der Waals surface area contributed by atoms with E-state index in [4.69, 9.17) is 21.4 Å². The van der Waals surface area contributed by atoms with Crippen LogP contribution in [0.25, 0.3) is 16.9 Å². The molecule has 0 fully saturated rings. The average Bonchev–Trinajstić information content (AvgIpc) is 3.57. The topological polar surface area (TPSA) is 76.5 Å². The second-order valence-electron chi connectivity index (χ2n) is 8.70. The number of methoxy groups -OCH3 is 1. The maximum atomic E-state index is 13.7. The Labute approximate surface area is 234 Å². The first-order valence-electron chi connectivity index (χ1n) is 12.2. The number of para-hydroxylation sites is 1. The Kier molecular flexibility index (Phi) is 8.48. The molecule has 1 aliphatic rings. The van der Waals surface area contributed by atoms with Gasteiger partial charge in [-0.25, -0.2) is 4.68 Å². The minimum absolute atomic E-state index is 0.124. The number of rotatable bonds is 9. The van der Waals surface area contributed by atoms with E-state index in [0.29, 0.717) is 36.1 Å². The van der Waals surface area contributed by atoms with Gasteiger partial charge < -0.3 is 10.1 Å². The number of fused-ring (bicyclic) bond motifs is 1. The minimum Gasteiger partial charge on any atom is -0.385 e. The molecule has 0 radical (unpaired) electrons. The number of thioether (sulfide) groups is 1. The van der Waals surface area contributed by atoms with Crippen molar-refractivity contribution in [3.05, 3.63) is 87.6 Å². The van der Waals surface area contributed by atoms with E-state index in [-0.39, 0.29) is 29.4 Å². The van der Waals surface area contributed by atoms with E-state index in [9.17, 15) is 9.59 Å². The largest absolute Gasteiger partial charge is 0.385 e. The first kappa shape index (κ1) is 26.5. The van der Waals surface area contributed by atoms with Crippen LogP contribution < -0.4 is 10.2 Å². The average molecular weight is 567 g/mol. The highest BCUT2D eigenvalue weighted by Gasteiger charge is 2.38. The van der Waals surface area contributed by atoms with E-state index in [1.807, 2.05) is 60.0 Å². The number of amides is 2. The molecule has 1 atom stereocenters. The molecule has 2 aromatic heterocycles. The molecule has 7 nitrogen and oxygen atoms in total. The molecule has 1 N–H and O–H groups in total. The highest BCUT2D eigenvalue weighted by atomic mass is 35.5. The zero-order valence-electron chi connectivity index (χ0n) is 20.8. The predicted molar refractivity (Wildman–Crippen MR) is 154 cm³/mol. The second kappa shape index (κ2) is 12.2. The van der Waals surface area contributed by atoms with Gasteiger partial charge in [0.15, 0.2) is 0 Å². The van der Waals surface area contributed by atoms with Crippen molar-refractivity contribution in [3.8, 4) is 16.9 Å². The zero-order chi connectivity index (χ0) is 26.5. The van der Waals surface area contributed by atoms with Gasteiger partial charge in [0.25, 0.3) is 0 Å². The lowest BCUT2D eigenvalue weighted by Gasteiger charge is -2.23. The van der Waals surface area contributed by atoms with Gasteiger partial charge in [-0.3, -0.25) is 14.5 Å². The van der Waals surface area contributed by atoms with Crippen molar-refractivity contribution in [1.29, 1.82) is 0 Å². The Morgan fingerprint density at radius 2 is 1.92 bits per heavy atom. The molecular weight excluding hydrogens is 540 g/mol. The molecule has 1 unspecified atom stereocenters. The molecule has 3 heterocycles. The van der Waals surface area contributed by atoms with Gasteiger partial charge in [-0.05, 0) is 30.0 Å². The van der Waals surface area contributed by atoms with Crippen LogP contribution in [0.5, 0.6) is 0 Å². The van der Waals surface area contributed by atoms with Gasteiger partial charge in [-0.2, -0.15) is 5.10 Å². The third kappa shape index (κ3) is 5.51. The lowest BCUT2D eigenvalue weighted by atomic mass is 10.0. The fraction of sp³-hybridized carbons (Fsp3) is 0.250. The van der Waals surface area contributed by atoms with Crippen molar-refractivity contribution >= 4 is 52.3 Å². The number of hydrogen-bond donors (Lipinski definition) is 1. The Morgan fingerprint density at radius 3 is 2.66 bits per heavy atom. The first-order chi connectivity index (χ1) is 18.6. The number of nitrogens with one attached hydrogen (secondary N) is 1. The van der Waals surface area contributed by atoms with Gasteiger partial charge in [-0.1, -0.05) is 60.1 Å². The van der Waals surface area contributed by atoms with Gasteiger partial charge in [-0.15, -0.1) is 23.1 Å². The summed E-state index contributed by atoms with van der Waals surface area (Å²) < 4.78 is 6.80. The number of halogens is 1. The summed E-state index contributed by atoms with van der Waals surface area (Å²) in [6.07, 6.45) is 0.688. The van der Waals surface area contributed by atoms with E-state index in [0.717, 1.165) is 21.7 Å². The van der Waals surface area contributed by atoms with Crippen molar-refractivity contribution in [1.82, 2.24) is 15.1 Å². The molecule has 0 saturated heterocycles. The third-order valence-corrected chi connectivity index (χ3v) is 8.81. The summed E-state index contributed by atoms with van der Waals surface area (Å²) in [5.41, 5.74) is 3.21. The van der Waals surface area contributed by atoms with Gasteiger partial charge in [0, 0.05) is 36.3 Å². The molecule has 0 bridgehead atoms. The van der Waals surface area contributed by atoms with Gasteiger partial charge in [0.2, 0.25) is 11.8 Å². The second-order valence-corrected chi connectivity index (χ2v) is 11.2. The quantitative estimate of drug-likeness (QED) is 0.268. The molecule has 5 rings (SSSR count). The maximum Gasteiger partial charge on any atom is 0.240 e. The van der Waals surface area contributed by atoms with Crippen LogP contribution in [0.3, 0.4) is 0 Å². The summed E-state index contributed by atoms with van der Waals surface area (Å²) in [7, 11) is 1.63. The molecule has 0 aliphatic carbocycles. The van der Waals surface area contributed by atoms with Crippen molar-refractivity contribution in [3.63, 3.8) is 0 Å². The Morgan fingerprint density at radius 1 is 1.13 bits per heavy atom. The monoisotopic (exact) mass is 566 g/mol. The smallest absolute Gasteiger partial charge is 0.240 e.